The number of benzene rings is 1. The standard InChI is InChI=1S/C18H19N3S/c1-2-7-15-13(5-1)6-3-8-16(15)19-11-14-12-20-21-18(14)17-9-4-10-22-17/h1-2,4-5,7,9-10,12,16,19H,3,6,8,11H2,(H,20,21). The number of nitrogens with one attached hydrogen (secondary N) is 2. The third-order valence-electron chi connectivity index (χ3n) is 4.39. The highest BCUT2D eigenvalue weighted by atomic mass is 32.1. The molecule has 0 aliphatic heterocycles. The lowest BCUT2D eigenvalue weighted by molar-refractivity contribution is 0.459. The summed E-state index contributed by atoms with van der Waals surface area (Å²) in [6.45, 7) is 0.850. The molecule has 1 atom stereocenters. The molecule has 2 N–H and O–H groups in total. The highest BCUT2D eigenvalue weighted by Gasteiger charge is 2.19. The van der Waals surface area contributed by atoms with Crippen LogP contribution in [0.15, 0.2) is 48.0 Å². The highest BCUT2D eigenvalue weighted by molar-refractivity contribution is 7.13. The first-order valence-electron chi connectivity index (χ1n) is 7.79. The number of aromatic amines is 1. The van der Waals surface area contributed by atoms with E-state index in [2.05, 4.69) is 57.3 Å². The molecule has 2 heterocycles. The molecule has 0 spiro atoms. The van der Waals surface area contributed by atoms with Crippen LogP contribution >= 0.6 is 11.3 Å². The second-order valence-electron chi connectivity index (χ2n) is 5.77. The molecule has 0 fully saturated rings. The van der Waals surface area contributed by atoms with Crippen molar-refractivity contribution in [3.8, 4) is 10.6 Å². The van der Waals surface area contributed by atoms with Gasteiger partial charge in [0.15, 0.2) is 0 Å². The summed E-state index contributed by atoms with van der Waals surface area (Å²) in [7, 11) is 0. The van der Waals surface area contributed by atoms with Gasteiger partial charge in [-0.1, -0.05) is 30.3 Å². The van der Waals surface area contributed by atoms with Gasteiger partial charge in [0.25, 0.3) is 0 Å². The van der Waals surface area contributed by atoms with Gasteiger partial charge in [0.05, 0.1) is 16.8 Å². The van der Waals surface area contributed by atoms with Crippen molar-refractivity contribution in [3.63, 3.8) is 0 Å². The maximum absolute atomic E-state index is 4.23. The van der Waals surface area contributed by atoms with Crippen LogP contribution in [0, 0.1) is 0 Å². The van der Waals surface area contributed by atoms with Crippen LogP contribution in [0.2, 0.25) is 0 Å². The van der Waals surface area contributed by atoms with Crippen LogP contribution < -0.4 is 5.32 Å². The largest absolute Gasteiger partial charge is 0.306 e. The predicted octanol–water partition coefficient (Wildman–Crippen LogP) is 4.31. The fourth-order valence-electron chi connectivity index (χ4n) is 3.28. The van der Waals surface area contributed by atoms with E-state index >= 15 is 0 Å². The third kappa shape index (κ3) is 2.60. The summed E-state index contributed by atoms with van der Waals surface area (Å²) in [4.78, 5) is 1.25. The van der Waals surface area contributed by atoms with Crippen molar-refractivity contribution in [2.75, 3.05) is 0 Å². The van der Waals surface area contributed by atoms with E-state index in [1.165, 1.54) is 40.8 Å². The molecule has 3 nitrogen and oxygen atoms in total. The summed E-state index contributed by atoms with van der Waals surface area (Å²) in [5.41, 5.74) is 5.35. The van der Waals surface area contributed by atoms with Gasteiger partial charge in [-0.3, -0.25) is 5.10 Å². The summed E-state index contributed by atoms with van der Waals surface area (Å²) >= 11 is 1.75. The van der Waals surface area contributed by atoms with Gasteiger partial charge in [-0.15, -0.1) is 11.3 Å². The number of H-pyrrole nitrogens is 1. The smallest absolute Gasteiger partial charge is 0.0794 e. The van der Waals surface area contributed by atoms with Gasteiger partial charge in [0, 0.05) is 18.2 Å². The van der Waals surface area contributed by atoms with Gasteiger partial charge < -0.3 is 5.32 Å². The molecule has 4 heteroatoms. The van der Waals surface area contributed by atoms with Crippen LogP contribution in [0.1, 0.15) is 35.6 Å². The van der Waals surface area contributed by atoms with E-state index in [-0.39, 0.29) is 0 Å². The van der Waals surface area contributed by atoms with E-state index in [0.29, 0.717) is 6.04 Å². The normalized spacial score (nSPS) is 17.4. The second-order valence-corrected chi connectivity index (χ2v) is 6.72. The lowest BCUT2D eigenvalue weighted by Gasteiger charge is -2.26. The van der Waals surface area contributed by atoms with Crippen LogP contribution in [0.25, 0.3) is 10.6 Å². The summed E-state index contributed by atoms with van der Waals surface area (Å²) in [6.07, 6.45) is 5.62. The molecule has 4 rings (SSSR count). The summed E-state index contributed by atoms with van der Waals surface area (Å²) in [5.74, 6) is 0. The first-order valence-corrected chi connectivity index (χ1v) is 8.67. The maximum atomic E-state index is 4.23. The number of thiophene rings is 1. The Morgan fingerprint density at radius 2 is 2.18 bits per heavy atom. The van der Waals surface area contributed by atoms with Crippen molar-refractivity contribution in [3.05, 3.63) is 64.7 Å². The molecule has 0 bridgehead atoms. The second kappa shape index (κ2) is 6.07. The predicted molar refractivity (Wildman–Crippen MR) is 90.9 cm³/mol. The number of nitrogens with zero attached hydrogens (tertiary/aromatic N) is 1. The zero-order chi connectivity index (χ0) is 14.8. The summed E-state index contributed by atoms with van der Waals surface area (Å²) < 4.78 is 0. The Balaban J connectivity index is 1.52. The molecule has 0 saturated carbocycles. The number of hydrogen-bond acceptors (Lipinski definition) is 3. The van der Waals surface area contributed by atoms with Crippen LogP contribution in [0.3, 0.4) is 0 Å². The first kappa shape index (κ1) is 13.7. The molecule has 3 aromatic rings. The molecular weight excluding hydrogens is 290 g/mol. The molecule has 0 radical (unpaired) electrons. The van der Waals surface area contributed by atoms with E-state index in [9.17, 15) is 0 Å². The minimum Gasteiger partial charge on any atom is -0.306 e. The first-order chi connectivity index (χ1) is 10.9. The average molecular weight is 309 g/mol. The topological polar surface area (TPSA) is 40.7 Å². The monoisotopic (exact) mass is 309 g/mol. The molecule has 1 unspecified atom stereocenters. The number of aromatic nitrogens is 2. The number of hydrogen-bond donors (Lipinski definition) is 2. The van der Waals surface area contributed by atoms with Crippen molar-refractivity contribution in [2.24, 2.45) is 0 Å². The van der Waals surface area contributed by atoms with Gasteiger partial charge in [-0.25, -0.2) is 0 Å². The van der Waals surface area contributed by atoms with E-state index in [4.69, 9.17) is 0 Å². The minimum atomic E-state index is 0.455. The SMILES string of the molecule is c1csc(-c2[nH]ncc2CNC2CCCc3ccccc32)c1. The van der Waals surface area contributed by atoms with Crippen LogP contribution in [-0.2, 0) is 13.0 Å². The van der Waals surface area contributed by atoms with E-state index in [0.717, 1.165) is 12.2 Å². The summed E-state index contributed by atoms with van der Waals surface area (Å²) in [5, 5.41) is 13.2. The number of aryl methyl sites for hydroxylation is 1. The highest BCUT2D eigenvalue weighted by Crippen LogP contribution is 2.31. The minimum absolute atomic E-state index is 0.455. The molecule has 1 aromatic carbocycles. The zero-order valence-electron chi connectivity index (χ0n) is 12.4. The van der Waals surface area contributed by atoms with Crippen LogP contribution in [0.5, 0.6) is 0 Å². The van der Waals surface area contributed by atoms with Gasteiger partial charge in [-0.05, 0) is 41.8 Å². The molecule has 22 heavy (non-hydrogen) atoms. The third-order valence-corrected chi connectivity index (χ3v) is 5.28. The fourth-order valence-corrected chi connectivity index (χ4v) is 4.03. The Morgan fingerprint density at radius 1 is 1.23 bits per heavy atom. The zero-order valence-corrected chi connectivity index (χ0v) is 13.2. The Labute approximate surface area is 134 Å². The molecule has 1 aliphatic carbocycles. The quantitative estimate of drug-likeness (QED) is 0.754. The van der Waals surface area contributed by atoms with Crippen molar-refractivity contribution >= 4 is 11.3 Å². The average Bonchev–Trinajstić information content (AvgIpc) is 3.23. The lowest BCUT2D eigenvalue weighted by Crippen LogP contribution is -2.24. The van der Waals surface area contributed by atoms with Crippen molar-refractivity contribution in [2.45, 2.75) is 31.8 Å². The van der Waals surface area contributed by atoms with Crippen molar-refractivity contribution in [1.82, 2.24) is 15.5 Å². The van der Waals surface area contributed by atoms with Crippen LogP contribution in [-0.4, -0.2) is 10.2 Å². The van der Waals surface area contributed by atoms with E-state index < -0.39 is 0 Å². The maximum Gasteiger partial charge on any atom is 0.0794 e. The van der Waals surface area contributed by atoms with E-state index in [1.54, 1.807) is 11.3 Å². The number of fused-ring (bicyclic) bond motifs is 1. The Hall–Kier alpha value is -1.91. The number of rotatable bonds is 4. The Bertz CT molecular complexity index is 745. The molecule has 0 amide bonds. The van der Waals surface area contributed by atoms with Gasteiger partial charge >= 0.3 is 0 Å². The lowest BCUT2D eigenvalue weighted by atomic mass is 9.87. The van der Waals surface area contributed by atoms with Gasteiger partial charge in [0.2, 0.25) is 0 Å². The van der Waals surface area contributed by atoms with Crippen molar-refractivity contribution in [1.29, 1.82) is 0 Å². The molecule has 112 valence electrons. The fraction of sp³-hybridized carbons (Fsp3) is 0.278. The molecule has 1 aliphatic rings. The molecular formula is C18H19N3S. The molecule has 0 saturated heterocycles. The Morgan fingerprint density at radius 3 is 3.09 bits per heavy atom. The Kier molecular flexibility index (Phi) is 3.79. The summed E-state index contributed by atoms with van der Waals surface area (Å²) in [6, 6.07) is 13.5. The van der Waals surface area contributed by atoms with E-state index in [1.807, 2.05) is 6.20 Å². The van der Waals surface area contributed by atoms with Crippen molar-refractivity contribution < 1.29 is 0 Å². The van der Waals surface area contributed by atoms with Crippen LogP contribution in [0.4, 0.5) is 0 Å². The van der Waals surface area contributed by atoms with Gasteiger partial charge in [-0.2, -0.15) is 5.10 Å². The molecule has 2 aromatic heterocycles. The van der Waals surface area contributed by atoms with Gasteiger partial charge in [0.1, 0.15) is 0 Å².